The fraction of sp³-hybridized carbons (Fsp3) is 0.350. The first-order valence-corrected chi connectivity index (χ1v) is 8.30. The lowest BCUT2D eigenvalue weighted by molar-refractivity contribution is -0.134. The van der Waals surface area contributed by atoms with E-state index in [0.717, 1.165) is 30.5 Å². The van der Waals surface area contributed by atoms with Crippen LogP contribution in [-0.4, -0.2) is 35.1 Å². The highest BCUT2D eigenvalue weighted by molar-refractivity contribution is 5.78. The number of piperidine rings is 1. The number of likely N-dealkylation sites (tertiary alicyclic amines) is 1. The van der Waals surface area contributed by atoms with E-state index < -0.39 is 0 Å². The van der Waals surface area contributed by atoms with E-state index in [-0.39, 0.29) is 17.9 Å². The molecule has 1 aliphatic heterocycles. The van der Waals surface area contributed by atoms with Crippen molar-refractivity contribution in [1.82, 2.24) is 4.90 Å². The number of aliphatic hydroxyl groups excluding tert-OH is 1. The minimum atomic E-state index is -0.375. The van der Waals surface area contributed by atoms with Gasteiger partial charge in [0.2, 0.25) is 5.91 Å². The number of aliphatic hydroxyl groups is 1. The van der Waals surface area contributed by atoms with Crippen molar-refractivity contribution in [3.05, 3.63) is 71.8 Å². The molecule has 1 saturated heterocycles. The van der Waals surface area contributed by atoms with Crippen LogP contribution in [0.25, 0.3) is 0 Å². The first-order chi connectivity index (χ1) is 11.2. The van der Waals surface area contributed by atoms with E-state index in [2.05, 4.69) is 24.3 Å². The number of nitrogens with zero attached hydrogens (tertiary/aromatic N) is 1. The summed E-state index contributed by atoms with van der Waals surface area (Å²) < 4.78 is 0. The van der Waals surface area contributed by atoms with E-state index in [4.69, 9.17) is 0 Å². The average molecular weight is 309 g/mol. The Morgan fingerprint density at radius 3 is 2.13 bits per heavy atom. The van der Waals surface area contributed by atoms with Crippen LogP contribution >= 0.6 is 0 Å². The standard InChI is InChI=1S/C20H23NO2/c22-18-12-7-13-21(15-18)20(23)14-19(16-8-3-1-4-9-16)17-10-5-2-6-11-17/h1-6,8-11,18-19,22H,7,12-15H2. The van der Waals surface area contributed by atoms with Gasteiger partial charge in [0.1, 0.15) is 0 Å². The molecular formula is C20H23NO2. The van der Waals surface area contributed by atoms with E-state index in [1.165, 1.54) is 0 Å². The molecule has 0 bridgehead atoms. The summed E-state index contributed by atoms with van der Waals surface area (Å²) in [6.07, 6.45) is 1.75. The Balaban J connectivity index is 1.80. The van der Waals surface area contributed by atoms with Crippen LogP contribution in [0.4, 0.5) is 0 Å². The van der Waals surface area contributed by atoms with Gasteiger partial charge in [-0.05, 0) is 24.0 Å². The second-order valence-corrected chi connectivity index (χ2v) is 6.21. The molecule has 3 heteroatoms. The number of carbonyl (C=O) groups excluding carboxylic acids is 1. The third kappa shape index (κ3) is 3.99. The van der Waals surface area contributed by atoms with Gasteiger partial charge in [-0.2, -0.15) is 0 Å². The summed E-state index contributed by atoms with van der Waals surface area (Å²) in [5.74, 6) is 0.186. The zero-order valence-electron chi connectivity index (χ0n) is 13.3. The van der Waals surface area contributed by atoms with Crippen LogP contribution in [-0.2, 0) is 4.79 Å². The molecule has 0 aliphatic carbocycles. The van der Waals surface area contributed by atoms with Crippen molar-refractivity contribution < 1.29 is 9.90 Å². The Morgan fingerprint density at radius 2 is 1.61 bits per heavy atom. The fourth-order valence-electron chi connectivity index (χ4n) is 3.28. The van der Waals surface area contributed by atoms with Gasteiger partial charge >= 0.3 is 0 Å². The van der Waals surface area contributed by atoms with E-state index in [9.17, 15) is 9.90 Å². The molecule has 1 atom stereocenters. The summed E-state index contributed by atoms with van der Waals surface area (Å²) in [6, 6.07) is 20.4. The number of hydrogen-bond donors (Lipinski definition) is 1. The molecule has 1 unspecified atom stereocenters. The van der Waals surface area contributed by atoms with Crippen LogP contribution in [0.5, 0.6) is 0 Å². The van der Waals surface area contributed by atoms with Gasteiger partial charge in [-0.1, -0.05) is 60.7 Å². The van der Waals surface area contributed by atoms with Gasteiger partial charge in [-0.25, -0.2) is 0 Å². The van der Waals surface area contributed by atoms with Crippen LogP contribution in [0, 0.1) is 0 Å². The summed E-state index contributed by atoms with van der Waals surface area (Å²) in [5, 5.41) is 9.80. The second kappa shape index (κ2) is 7.42. The van der Waals surface area contributed by atoms with Crippen LogP contribution in [0.2, 0.25) is 0 Å². The molecule has 1 heterocycles. The highest BCUT2D eigenvalue weighted by Crippen LogP contribution is 2.29. The predicted molar refractivity (Wildman–Crippen MR) is 91.2 cm³/mol. The molecule has 0 radical (unpaired) electrons. The van der Waals surface area contributed by atoms with Crippen LogP contribution < -0.4 is 0 Å². The van der Waals surface area contributed by atoms with E-state index in [1.807, 2.05) is 41.3 Å². The van der Waals surface area contributed by atoms with Gasteiger partial charge in [-0.15, -0.1) is 0 Å². The Morgan fingerprint density at radius 1 is 1.04 bits per heavy atom. The van der Waals surface area contributed by atoms with Crippen molar-refractivity contribution in [3.8, 4) is 0 Å². The van der Waals surface area contributed by atoms with Crippen molar-refractivity contribution in [2.45, 2.75) is 31.3 Å². The normalized spacial score (nSPS) is 18.2. The summed E-state index contributed by atoms with van der Waals surface area (Å²) in [7, 11) is 0. The maximum atomic E-state index is 12.7. The van der Waals surface area contributed by atoms with Crippen LogP contribution in [0.3, 0.4) is 0 Å². The minimum Gasteiger partial charge on any atom is -0.391 e. The lowest BCUT2D eigenvalue weighted by Gasteiger charge is -2.31. The number of β-amino-alcohol motifs (C(OH)–C–C–N with tert-alkyl or cyclic N) is 1. The van der Waals surface area contributed by atoms with Gasteiger partial charge in [0.25, 0.3) is 0 Å². The Hall–Kier alpha value is -2.13. The zero-order chi connectivity index (χ0) is 16.1. The molecule has 3 rings (SSSR count). The second-order valence-electron chi connectivity index (χ2n) is 6.21. The quantitative estimate of drug-likeness (QED) is 0.942. The molecule has 23 heavy (non-hydrogen) atoms. The van der Waals surface area contributed by atoms with Gasteiger partial charge < -0.3 is 10.0 Å². The van der Waals surface area contributed by atoms with Crippen LogP contribution in [0.15, 0.2) is 60.7 Å². The molecule has 120 valence electrons. The number of amides is 1. The fourth-order valence-corrected chi connectivity index (χ4v) is 3.28. The van der Waals surface area contributed by atoms with Crippen molar-refractivity contribution >= 4 is 5.91 Å². The predicted octanol–water partition coefficient (Wildman–Crippen LogP) is 3.19. The molecule has 1 amide bonds. The van der Waals surface area contributed by atoms with Crippen molar-refractivity contribution in [2.75, 3.05) is 13.1 Å². The topological polar surface area (TPSA) is 40.5 Å². The average Bonchev–Trinajstić information content (AvgIpc) is 2.61. The maximum absolute atomic E-state index is 12.7. The van der Waals surface area contributed by atoms with Gasteiger partial charge in [-0.3, -0.25) is 4.79 Å². The van der Waals surface area contributed by atoms with Crippen molar-refractivity contribution in [1.29, 1.82) is 0 Å². The van der Waals surface area contributed by atoms with Gasteiger partial charge in [0.15, 0.2) is 0 Å². The Labute approximate surface area is 137 Å². The molecule has 2 aromatic carbocycles. The third-order valence-corrected chi connectivity index (χ3v) is 4.53. The SMILES string of the molecule is O=C(CC(c1ccccc1)c1ccccc1)N1CCCC(O)C1. The van der Waals surface area contributed by atoms with Crippen LogP contribution in [0.1, 0.15) is 36.3 Å². The van der Waals surface area contributed by atoms with Gasteiger partial charge in [0, 0.05) is 25.4 Å². The largest absolute Gasteiger partial charge is 0.391 e. The lowest BCUT2D eigenvalue weighted by Crippen LogP contribution is -2.42. The molecule has 1 aliphatic rings. The molecule has 0 spiro atoms. The smallest absolute Gasteiger partial charge is 0.223 e. The molecular weight excluding hydrogens is 286 g/mol. The van der Waals surface area contributed by atoms with Crippen molar-refractivity contribution in [3.63, 3.8) is 0 Å². The lowest BCUT2D eigenvalue weighted by atomic mass is 9.88. The first kappa shape index (κ1) is 15.8. The Bertz CT molecular complexity index is 587. The van der Waals surface area contributed by atoms with Crippen molar-refractivity contribution in [2.24, 2.45) is 0 Å². The summed E-state index contributed by atoms with van der Waals surface area (Å²) >= 11 is 0. The molecule has 3 nitrogen and oxygen atoms in total. The number of carbonyl (C=O) groups is 1. The first-order valence-electron chi connectivity index (χ1n) is 8.30. The molecule has 0 aromatic heterocycles. The Kier molecular flexibility index (Phi) is 5.09. The summed E-state index contributed by atoms with van der Waals surface area (Å²) in [6.45, 7) is 1.22. The van der Waals surface area contributed by atoms with E-state index in [1.54, 1.807) is 0 Å². The number of rotatable bonds is 4. The monoisotopic (exact) mass is 309 g/mol. The van der Waals surface area contributed by atoms with E-state index in [0.29, 0.717) is 13.0 Å². The molecule has 1 N–H and O–H groups in total. The molecule has 1 fully saturated rings. The number of hydrogen-bond acceptors (Lipinski definition) is 2. The van der Waals surface area contributed by atoms with Gasteiger partial charge in [0.05, 0.1) is 6.10 Å². The summed E-state index contributed by atoms with van der Waals surface area (Å²) in [5.41, 5.74) is 2.31. The molecule has 0 saturated carbocycles. The summed E-state index contributed by atoms with van der Waals surface area (Å²) in [4.78, 5) is 14.5. The zero-order valence-corrected chi connectivity index (χ0v) is 13.3. The van der Waals surface area contributed by atoms with E-state index >= 15 is 0 Å². The highest BCUT2D eigenvalue weighted by atomic mass is 16.3. The molecule has 2 aromatic rings. The minimum absolute atomic E-state index is 0.0592. The third-order valence-electron chi connectivity index (χ3n) is 4.53. The highest BCUT2D eigenvalue weighted by Gasteiger charge is 2.25. The maximum Gasteiger partial charge on any atom is 0.223 e. The number of benzene rings is 2.